The van der Waals surface area contributed by atoms with Gasteiger partial charge in [0.1, 0.15) is 0 Å². The molecule has 10 rings (SSSR count). The minimum atomic E-state index is 0.966. The summed E-state index contributed by atoms with van der Waals surface area (Å²) in [6.07, 6.45) is 5.83. The molecular weight excluding hydrogens is 605 g/mol. The highest BCUT2D eigenvalue weighted by Gasteiger charge is 2.18. The molecular formula is C48H30N2. The van der Waals surface area contributed by atoms with Crippen LogP contribution in [0, 0.1) is 0 Å². The number of hydrogen-bond acceptors (Lipinski definition) is 2. The van der Waals surface area contributed by atoms with E-state index >= 15 is 0 Å². The summed E-state index contributed by atoms with van der Waals surface area (Å²) in [6, 6.07) is 59.1. The summed E-state index contributed by atoms with van der Waals surface area (Å²) < 4.78 is 0. The van der Waals surface area contributed by atoms with Gasteiger partial charge in [0.05, 0.1) is 5.69 Å². The van der Waals surface area contributed by atoms with E-state index in [1.54, 1.807) is 0 Å². The molecule has 2 heteroatoms. The van der Waals surface area contributed by atoms with Crippen LogP contribution < -0.4 is 0 Å². The Balaban J connectivity index is 1.21. The Hall–Kier alpha value is -6.64. The van der Waals surface area contributed by atoms with Gasteiger partial charge in [-0.3, -0.25) is 9.97 Å². The van der Waals surface area contributed by atoms with E-state index in [-0.39, 0.29) is 0 Å². The molecule has 0 spiro atoms. The fraction of sp³-hybridized carbons (Fsp3) is 0. The summed E-state index contributed by atoms with van der Waals surface area (Å²) in [5, 5.41) is 12.3. The summed E-state index contributed by atoms with van der Waals surface area (Å²) in [5.41, 5.74) is 9.17. The molecule has 2 nitrogen and oxygen atoms in total. The van der Waals surface area contributed by atoms with E-state index in [2.05, 4.69) is 175 Å². The number of pyridine rings is 2. The number of nitrogens with zero attached hydrogens (tertiary/aromatic N) is 2. The van der Waals surface area contributed by atoms with Crippen molar-refractivity contribution in [3.05, 3.63) is 182 Å². The molecule has 0 aliphatic rings. The minimum Gasteiger partial charge on any atom is -0.265 e. The van der Waals surface area contributed by atoms with E-state index in [9.17, 15) is 0 Å². The van der Waals surface area contributed by atoms with Crippen molar-refractivity contribution in [2.24, 2.45) is 0 Å². The fourth-order valence-corrected chi connectivity index (χ4v) is 7.90. The van der Waals surface area contributed by atoms with Crippen LogP contribution in [0.5, 0.6) is 0 Å². The third-order valence-corrected chi connectivity index (χ3v) is 10.2. The lowest BCUT2D eigenvalue weighted by Gasteiger charge is -2.19. The first-order valence-corrected chi connectivity index (χ1v) is 17.1. The van der Waals surface area contributed by atoms with Crippen LogP contribution >= 0.6 is 0 Å². The summed E-state index contributed by atoms with van der Waals surface area (Å²) >= 11 is 0. The molecule has 0 atom stereocenters. The molecule has 0 N–H and O–H groups in total. The molecule has 0 unspecified atom stereocenters. The number of hydrogen-bond donors (Lipinski definition) is 0. The van der Waals surface area contributed by atoms with Crippen LogP contribution in [0.2, 0.25) is 0 Å². The van der Waals surface area contributed by atoms with Crippen molar-refractivity contribution in [2.75, 3.05) is 0 Å². The highest BCUT2D eigenvalue weighted by molar-refractivity contribution is 6.23. The van der Waals surface area contributed by atoms with Crippen LogP contribution in [-0.2, 0) is 0 Å². The summed E-state index contributed by atoms with van der Waals surface area (Å²) in [6.45, 7) is 0. The van der Waals surface area contributed by atoms with E-state index < -0.39 is 0 Å². The second kappa shape index (κ2) is 11.5. The second-order valence-electron chi connectivity index (χ2n) is 12.9. The quantitative estimate of drug-likeness (QED) is 0.142. The molecule has 0 fully saturated rings. The van der Waals surface area contributed by atoms with Crippen LogP contribution in [0.4, 0.5) is 0 Å². The van der Waals surface area contributed by atoms with E-state index in [4.69, 9.17) is 4.98 Å². The van der Waals surface area contributed by atoms with Gasteiger partial charge in [0.25, 0.3) is 0 Å². The van der Waals surface area contributed by atoms with Gasteiger partial charge in [0.2, 0.25) is 0 Å². The predicted octanol–water partition coefficient (Wildman–Crippen LogP) is 12.9. The first-order valence-electron chi connectivity index (χ1n) is 17.1. The lowest BCUT2D eigenvalue weighted by Crippen LogP contribution is -1.93. The van der Waals surface area contributed by atoms with E-state index in [1.165, 1.54) is 76.1 Å². The molecule has 0 radical (unpaired) electrons. The first kappa shape index (κ1) is 28.4. The summed E-state index contributed by atoms with van der Waals surface area (Å²) in [7, 11) is 0. The fourth-order valence-electron chi connectivity index (χ4n) is 7.90. The molecule has 50 heavy (non-hydrogen) atoms. The molecule has 0 aliphatic heterocycles. The van der Waals surface area contributed by atoms with E-state index in [0.717, 1.165) is 22.4 Å². The van der Waals surface area contributed by atoms with Crippen molar-refractivity contribution in [1.82, 2.24) is 9.97 Å². The Bertz CT molecular complexity index is 2890. The predicted molar refractivity (Wildman–Crippen MR) is 211 cm³/mol. The highest BCUT2D eigenvalue weighted by atomic mass is 14.7. The van der Waals surface area contributed by atoms with Gasteiger partial charge in [-0.2, -0.15) is 0 Å². The third kappa shape index (κ3) is 4.50. The molecule has 232 valence electrons. The molecule has 0 aliphatic carbocycles. The molecule has 8 aromatic carbocycles. The van der Waals surface area contributed by atoms with Gasteiger partial charge in [0, 0.05) is 29.7 Å². The van der Waals surface area contributed by atoms with Crippen molar-refractivity contribution in [3.63, 3.8) is 0 Å². The van der Waals surface area contributed by atoms with Crippen LogP contribution in [0.3, 0.4) is 0 Å². The molecule has 10 aromatic rings. The Kier molecular flexibility index (Phi) is 6.53. The van der Waals surface area contributed by atoms with Crippen molar-refractivity contribution >= 4 is 53.9 Å². The maximum atomic E-state index is 5.21. The van der Waals surface area contributed by atoms with Crippen LogP contribution in [0.1, 0.15) is 0 Å². The van der Waals surface area contributed by atoms with Crippen LogP contribution in [0.15, 0.2) is 182 Å². The van der Waals surface area contributed by atoms with Gasteiger partial charge in [-0.15, -0.1) is 0 Å². The molecule has 0 bridgehead atoms. The molecule has 0 saturated carbocycles. The number of benzene rings is 8. The Morgan fingerprint density at radius 1 is 0.320 bits per heavy atom. The molecule has 2 aromatic heterocycles. The Morgan fingerprint density at radius 3 is 1.68 bits per heavy atom. The summed E-state index contributed by atoms with van der Waals surface area (Å²) in [4.78, 5) is 9.55. The zero-order chi connectivity index (χ0) is 33.0. The average molecular weight is 635 g/mol. The van der Waals surface area contributed by atoms with Crippen LogP contribution in [0.25, 0.3) is 98.5 Å². The second-order valence-corrected chi connectivity index (χ2v) is 12.9. The van der Waals surface area contributed by atoms with E-state index in [0.29, 0.717) is 0 Å². The van der Waals surface area contributed by atoms with Crippen molar-refractivity contribution < 1.29 is 0 Å². The zero-order valence-corrected chi connectivity index (χ0v) is 27.2. The SMILES string of the molecule is c1ccc(-c2ccc3c(-c4ccc(-c5cc6c7ccccc7ccc6c6ccccc56)nc4)c4ccccc4c(-c4ccncc4)c3c2)cc1. The monoisotopic (exact) mass is 634 g/mol. The lowest BCUT2D eigenvalue weighted by molar-refractivity contribution is 1.33. The first-order chi connectivity index (χ1) is 24.8. The van der Waals surface area contributed by atoms with Crippen LogP contribution in [-0.4, -0.2) is 9.97 Å². The largest absolute Gasteiger partial charge is 0.265 e. The molecule has 0 saturated heterocycles. The lowest BCUT2D eigenvalue weighted by atomic mass is 9.85. The normalized spacial score (nSPS) is 11.6. The smallest absolute Gasteiger partial charge is 0.0708 e. The maximum Gasteiger partial charge on any atom is 0.0708 e. The number of rotatable bonds is 4. The van der Waals surface area contributed by atoms with Gasteiger partial charge >= 0.3 is 0 Å². The third-order valence-electron chi connectivity index (χ3n) is 10.2. The van der Waals surface area contributed by atoms with Gasteiger partial charge in [-0.05, 0) is 112 Å². The summed E-state index contributed by atoms with van der Waals surface area (Å²) in [5.74, 6) is 0. The zero-order valence-electron chi connectivity index (χ0n) is 27.2. The minimum absolute atomic E-state index is 0.966. The van der Waals surface area contributed by atoms with Gasteiger partial charge in [0.15, 0.2) is 0 Å². The molecule has 0 amide bonds. The van der Waals surface area contributed by atoms with Gasteiger partial charge in [-0.25, -0.2) is 0 Å². The van der Waals surface area contributed by atoms with Crippen molar-refractivity contribution in [3.8, 4) is 44.6 Å². The molecule has 2 heterocycles. The Morgan fingerprint density at radius 2 is 0.920 bits per heavy atom. The van der Waals surface area contributed by atoms with Crippen molar-refractivity contribution in [1.29, 1.82) is 0 Å². The van der Waals surface area contributed by atoms with Crippen molar-refractivity contribution in [2.45, 2.75) is 0 Å². The average Bonchev–Trinajstić information content (AvgIpc) is 3.20. The van der Waals surface area contributed by atoms with Gasteiger partial charge in [-0.1, -0.05) is 133 Å². The highest BCUT2D eigenvalue weighted by Crippen LogP contribution is 2.45. The topological polar surface area (TPSA) is 25.8 Å². The maximum absolute atomic E-state index is 5.21. The van der Waals surface area contributed by atoms with E-state index in [1.807, 2.05) is 12.4 Å². The van der Waals surface area contributed by atoms with Gasteiger partial charge < -0.3 is 0 Å². The Labute approximate surface area is 290 Å². The standard InChI is InChI=1S/C48H30N2/c1-2-10-31(11-3-1)34-19-22-42-45(28-34)47(33-24-26-49-27-25-33)40-16-8-9-17-41(40)48(42)35-20-23-46(50-30-35)44-29-43-36-13-5-4-12-32(36)18-21-39(43)37-14-6-7-15-38(37)44/h1-30H. The number of fused-ring (bicyclic) bond motifs is 7. The number of aromatic nitrogens is 2.